The Morgan fingerprint density at radius 1 is 1.25 bits per heavy atom. The van der Waals surface area contributed by atoms with Gasteiger partial charge in [0, 0.05) is 11.6 Å². The zero-order valence-corrected chi connectivity index (χ0v) is 13.7. The van der Waals surface area contributed by atoms with E-state index in [9.17, 15) is 10.2 Å². The molecule has 2 N–H and O–H groups in total. The van der Waals surface area contributed by atoms with Gasteiger partial charge in [-0.05, 0) is 62.7 Å². The number of piperidine rings is 1. The Bertz CT molecular complexity index is 476. The maximum Gasteiger partial charge on any atom is 0.160 e. The predicted molar refractivity (Wildman–Crippen MR) is 86.0 cm³/mol. The molecule has 0 saturated carbocycles. The van der Waals surface area contributed by atoms with Gasteiger partial charge >= 0.3 is 0 Å². The first kappa shape index (κ1) is 15.6. The number of phenolic OH excluding ortho intramolecular Hbond substituents is 2. The van der Waals surface area contributed by atoms with Gasteiger partial charge in [0.1, 0.15) is 0 Å². The molecule has 1 aliphatic heterocycles. The maximum atomic E-state index is 10.0. The molecule has 0 aromatic heterocycles. The van der Waals surface area contributed by atoms with Crippen molar-refractivity contribution in [3.05, 3.63) is 23.3 Å². The molecule has 1 aromatic rings. The minimum Gasteiger partial charge on any atom is -0.504 e. The second-order valence-electron chi connectivity index (χ2n) is 5.89. The molecule has 0 radical (unpaired) electrons. The summed E-state index contributed by atoms with van der Waals surface area (Å²) in [6.45, 7) is 4.64. The van der Waals surface area contributed by atoms with E-state index in [1.54, 1.807) is 6.07 Å². The van der Waals surface area contributed by atoms with Crippen LogP contribution in [0, 0.1) is 0 Å². The number of halogens is 1. The van der Waals surface area contributed by atoms with E-state index in [1.165, 1.54) is 37.9 Å². The molecule has 4 heteroatoms. The monoisotopic (exact) mass is 341 g/mol. The van der Waals surface area contributed by atoms with E-state index in [0.717, 1.165) is 18.4 Å². The predicted octanol–water partition coefficient (Wildman–Crippen LogP) is 3.58. The number of hydrogen-bond acceptors (Lipinski definition) is 3. The van der Waals surface area contributed by atoms with Crippen LogP contribution >= 0.6 is 17.0 Å². The van der Waals surface area contributed by atoms with Crippen LogP contribution in [-0.2, 0) is 6.42 Å². The molecule has 0 spiro atoms. The Balaban J connectivity index is 0.00000147. The van der Waals surface area contributed by atoms with Crippen molar-refractivity contribution in [2.24, 2.45) is 0 Å². The molecular weight excluding hydrogens is 318 g/mol. The van der Waals surface area contributed by atoms with Crippen LogP contribution in [0.4, 0.5) is 0 Å². The highest BCUT2D eigenvalue weighted by molar-refractivity contribution is 8.93. The number of likely N-dealkylation sites (tertiary alicyclic amines) is 1. The van der Waals surface area contributed by atoms with E-state index in [0.29, 0.717) is 12.0 Å². The van der Waals surface area contributed by atoms with Gasteiger partial charge in [-0.1, -0.05) is 13.0 Å². The van der Waals surface area contributed by atoms with Gasteiger partial charge in [0.05, 0.1) is 0 Å². The molecule has 0 amide bonds. The third-order valence-corrected chi connectivity index (χ3v) is 4.79. The number of aromatic hydroxyl groups is 2. The Morgan fingerprint density at radius 2 is 2.05 bits per heavy atom. The summed E-state index contributed by atoms with van der Waals surface area (Å²) < 4.78 is 0. The fourth-order valence-electron chi connectivity index (χ4n) is 3.98. The van der Waals surface area contributed by atoms with E-state index >= 15 is 0 Å². The van der Waals surface area contributed by atoms with Crippen molar-refractivity contribution in [3.63, 3.8) is 0 Å². The van der Waals surface area contributed by atoms with Crippen LogP contribution in [0.25, 0.3) is 0 Å². The van der Waals surface area contributed by atoms with Gasteiger partial charge in [-0.25, -0.2) is 0 Å². The third-order valence-electron chi connectivity index (χ3n) is 4.79. The number of nitrogens with zero attached hydrogens (tertiary/aromatic N) is 1. The first-order valence-electron chi connectivity index (χ1n) is 7.50. The standard InChI is InChI=1S/C16H23NO2.BrH/c1-2-9-17-10-3-4-12-11-6-8-15(18)16(19)13(11)5-7-14(12)17;/h6,8,12,14,18-19H,2-5,7,9-10H2,1H3;1H/t12-,14+;/m0./s1. The number of phenols is 2. The molecular formula is C16H24BrNO2. The number of rotatable bonds is 2. The van der Waals surface area contributed by atoms with E-state index in [-0.39, 0.29) is 28.5 Å². The summed E-state index contributed by atoms with van der Waals surface area (Å²) >= 11 is 0. The molecule has 0 bridgehead atoms. The van der Waals surface area contributed by atoms with Crippen LogP contribution in [-0.4, -0.2) is 34.2 Å². The van der Waals surface area contributed by atoms with Crippen molar-refractivity contribution >= 4 is 17.0 Å². The Hall–Kier alpha value is -0.740. The molecule has 3 nitrogen and oxygen atoms in total. The Kier molecular flexibility index (Phi) is 4.97. The summed E-state index contributed by atoms with van der Waals surface area (Å²) in [7, 11) is 0. The zero-order valence-electron chi connectivity index (χ0n) is 12.0. The van der Waals surface area contributed by atoms with Gasteiger partial charge in [0.25, 0.3) is 0 Å². The summed E-state index contributed by atoms with van der Waals surface area (Å²) in [6.07, 6.45) is 5.65. The smallest absolute Gasteiger partial charge is 0.160 e. The maximum absolute atomic E-state index is 10.0. The molecule has 0 unspecified atom stereocenters. The zero-order chi connectivity index (χ0) is 13.4. The summed E-state index contributed by atoms with van der Waals surface area (Å²) in [5, 5.41) is 19.7. The molecule has 2 aliphatic rings. The van der Waals surface area contributed by atoms with Crippen LogP contribution in [0.3, 0.4) is 0 Å². The van der Waals surface area contributed by atoms with E-state index < -0.39 is 0 Å². The van der Waals surface area contributed by atoms with Crippen molar-refractivity contribution in [3.8, 4) is 11.5 Å². The van der Waals surface area contributed by atoms with Crippen LogP contribution in [0.5, 0.6) is 11.5 Å². The Morgan fingerprint density at radius 3 is 2.80 bits per heavy atom. The highest BCUT2D eigenvalue weighted by Crippen LogP contribution is 2.45. The fraction of sp³-hybridized carbons (Fsp3) is 0.625. The lowest BCUT2D eigenvalue weighted by molar-refractivity contribution is 0.112. The van der Waals surface area contributed by atoms with E-state index in [1.807, 2.05) is 6.07 Å². The summed E-state index contributed by atoms with van der Waals surface area (Å²) in [6, 6.07) is 4.30. The summed E-state index contributed by atoms with van der Waals surface area (Å²) in [5.41, 5.74) is 2.26. The lowest BCUT2D eigenvalue weighted by Gasteiger charge is -2.45. The topological polar surface area (TPSA) is 43.7 Å². The lowest BCUT2D eigenvalue weighted by atomic mass is 9.74. The van der Waals surface area contributed by atoms with Gasteiger partial charge in [-0.15, -0.1) is 17.0 Å². The minimum absolute atomic E-state index is 0. The first-order valence-corrected chi connectivity index (χ1v) is 7.50. The van der Waals surface area contributed by atoms with Crippen molar-refractivity contribution in [1.82, 2.24) is 4.90 Å². The second-order valence-corrected chi connectivity index (χ2v) is 5.89. The van der Waals surface area contributed by atoms with Crippen molar-refractivity contribution in [1.29, 1.82) is 0 Å². The van der Waals surface area contributed by atoms with Gasteiger partial charge in [-0.3, -0.25) is 4.90 Å². The average Bonchev–Trinajstić information content (AvgIpc) is 2.43. The summed E-state index contributed by atoms with van der Waals surface area (Å²) in [5.74, 6) is 0.678. The normalized spacial score (nSPS) is 25.4. The third kappa shape index (κ3) is 2.56. The highest BCUT2D eigenvalue weighted by atomic mass is 79.9. The molecule has 2 atom stereocenters. The quantitative estimate of drug-likeness (QED) is 0.808. The number of hydrogen-bond donors (Lipinski definition) is 2. The molecule has 1 aromatic carbocycles. The van der Waals surface area contributed by atoms with Gasteiger partial charge < -0.3 is 10.2 Å². The minimum atomic E-state index is 0. The summed E-state index contributed by atoms with van der Waals surface area (Å²) in [4.78, 5) is 2.63. The molecule has 1 saturated heterocycles. The second kappa shape index (κ2) is 6.35. The lowest BCUT2D eigenvalue weighted by Crippen LogP contribution is -2.46. The van der Waals surface area contributed by atoms with Crippen molar-refractivity contribution in [2.45, 2.75) is 51.0 Å². The van der Waals surface area contributed by atoms with Crippen LogP contribution in [0.1, 0.15) is 49.7 Å². The van der Waals surface area contributed by atoms with Gasteiger partial charge in [0.2, 0.25) is 0 Å². The van der Waals surface area contributed by atoms with E-state index in [4.69, 9.17) is 0 Å². The molecule has 3 rings (SSSR count). The van der Waals surface area contributed by atoms with Crippen LogP contribution in [0.2, 0.25) is 0 Å². The first-order chi connectivity index (χ1) is 9.22. The SMILES string of the molecule is Br.CCCN1CCC[C@H]2c3ccc(O)c(O)c3CC[C@H]21. The molecule has 20 heavy (non-hydrogen) atoms. The number of benzene rings is 1. The molecule has 112 valence electrons. The number of fused-ring (bicyclic) bond motifs is 3. The van der Waals surface area contributed by atoms with Crippen molar-refractivity contribution in [2.75, 3.05) is 13.1 Å². The largest absolute Gasteiger partial charge is 0.504 e. The fourth-order valence-corrected chi connectivity index (χ4v) is 3.98. The van der Waals surface area contributed by atoms with Crippen molar-refractivity contribution < 1.29 is 10.2 Å². The van der Waals surface area contributed by atoms with Gasteiger partial charge in [0.15, 0.2) is 11.5 Å². The average molecular weight is 342 g/mol. The molecule has 1 heterocycles. The molecule has 1 fully saturated rings. The van der Waals surface area contributed by atoms with Crippen LogP contribution < -0.4 is 0 Å². The molecule has 1 aliphatic carbocycles. The van der Waals surface area contributed by atoms with E-state index in [2.05, 4.69) is 11.8 Å². The highest BCUT2D eigenvalue weighted by Gasteiger charge is 2.37. The Labute approximate surface area is 131 Å². The van der Waals surface area contributed by atoms with Crippen LogP contribution in [0.15, 0.2) is 12.1 Å². The van der Waals surface area contributed by atoms with Gasteiger partial charge in [-0.2, -0.15) is 0 Å².